The third-order valence-corrected chi connectivity index (χ3v) is 4.10. The van der Waals surface area contributed by atoms with E-state index in [1.54, 1.807) is 26.1 Å². The van der Waals surface area contributed by atoms with Gasteiger partial charge in [-0.1, -0.05) is 0 Å². The summed E-state index contributed by atoms with van der Waals surface area (Å²) in [4.78, 5) is 10.9. The summed E-state index contributed by atoms with van der Waals surface area (Å²) in [6.45, 7) is 6.42. The maximum Gasteiger partial charge on any atom is 0.471 e. The zero-order chi connectivity index (χ0) is 18.0. The van der Waals surface area contributed by atoms with Crippen molar-refractivity contribution in [3.05, 3.63) is 29.6 Å². The molecule has 1 amide bonds. The minimum Gasteiger partial charge on any atom is -0.318 e. The molecule has 9 heteroatoms. The van der Waals surface area contributed by atoms with E-state index in [-0.39, 0.29) is 17.0 Å². The lowest BCUT2D eigenvalue weighted by molar-refractivity contribution is -0.167. The first-order valence-electron chi connectivity index (χ1n) is 6.48. The summed E-state index contributed by atoms with van der Waals surface area (Å²) >= 11 is 0. The van der Waals surface area contributed by atoms with Crippen molar-refractivity contribution in [2.75, 3.05) is 5.32 Å². The Labute approximate surface area is 133 Å². The fourth-order valence-electron chi connectivity index (χ4n) is 1.39. The molecule has 0 bridgehead atoms. The fourth-order valence-corrected chi connectivity index (χ4v) is 2.01. The zero-order valence-electron chi connectivity index (χ0n) is 12.9. The third kappa shape index (κ3) is 5.42. The Hall–Kier alpha value is -1.77. The van der Waals surface area contributed by atoms with Gasteiger partial charge in [-0.05, 0) is 45.9 Å². The second-order valence-electron chi connectivity index (χ2n) is 5.68. The highest BCUT2D eigenvalue weighted by atomic mass is 32.2. The summed E-state index contributed by atoms with van der Waals surface area (Å²) in [5, 5.41) is 1.63. The predicted molar refractivity (Wildman–Crippen MR) is 81.2 cm³/mol. The van der Waals surface area contributed by atoms with E-state index in [1.165, 1.54) is 6.92 Å². The topological polar surface area (TPSA) is 58.5 Å². The van der Waals surface area contributed by atoms with Gasteiger partial charge in [0.15, 0.2) is 0 Å². The second kappa shape index (κ2) is 6.77. The maximum absolute atomic E-state index is 13.8. The van der Waals surface area contributed by atoms with Crippen LogP contribution in [0.3, 0.4) is 0 Å². The van der Waals surface area contributed by atoms with Crippen LogP contribution in [0.5, 0.6) is 0 Å². The highest BCUT2D eigenvalue weighted by molar-refractivity contribution is 7.85. The molecule has 0 aliphatic rings. The van der Waals surface area contributed by atoms with Gasteiger partial charge in [0, 0.05) is 11.3 Å². The second-order valence-corrected chi connectivity index (χ2v) is 7.59. The SMILES string of the molecule is CC(=N[S@@](=O)C(C)(C)C)c1cc(NC(=O)C(F)(F)F)ccc1F. The number of benzene rings is 1. The molecule has 1 rings (SSSR count). The van der Waals surface area contributed by atoms with E-state index < -0.39 is 33.6 Å². The van der Waals surface area contributed by atoms with Crippen LogP contribution in [0.1, 0.15) is 33.3 Å². The van der Waals surface area contributed by atoms with Gasteiger partial charge in [-0.2, -0.15) is 17.6 Å². The number of hydrogen-bond acceptors (Lipinski definition) is 2. The Kier molecular flexibility index (Phi) is 5.68. The Balaban J connectivity index is 3.14. The molecule has 1 N–H and O–H groups in total. The molecule has 0 fully saturated rings. The highest BCUT2D eigenvalue weighted by Gasteiger charge is 2.38. The number of amides is 1. The number of nitrogens with one attached hydrogen (secondary N) is 1. The Bertz CT molecular complexity index is 664. The number of carbonyl (C=O) groups excluding carboxylic acids is 1. The molecule has 23 heavy (non-hydrogen) atoms. The van der Waals surface area contributed by atoms with Gasteiger partial charge in [-0.25, -0.2) is 8.60 Å². The Morgan fingerprint density at radius 2 is 1.78 bits per heavy atom. The molecule has 1 aromatic rings. The van der Waals surface area contributed by atoms with Crippen molar-refractivity contribution in [1.82, 2.24) is 0 Å². The number of alkyl halides is 3. The summed E-state index contributed by atoms with van der Waals surface area (Å²) in [7, 11) is -1.65. The number of hydrogen-bond donors (Lipinski definition) is 1. The van der Waals surface area contributed by atoms with Gasteiger partial charge >= 0.3 is 12.1 Å². The summed E-state index contributed by atoms with van der Waals surface area (Å²) in [6, 6.07) is 2.91. The van der Waals surface area contributed by atoms with Crippen molar-refractivity contribution in [3.63, 3.8) is 0 Å². The van der Waals surface area contributed by atoms with E-state index in [4.69, 9.17) is 0 Å². The predicted octanol–water partition coefficient (Wildman–Crippen LogP) is 3.60. The molecular formula is C14H16F4N2O2S. The van der Waals surface area contributed by atoms with Gasteiger partial charge in [0.2, 0.25) is 0 Å². The van der Waals surface area contributed by atoms with Crippen LogP contribution in [0, 0.1) is 5.82 Å². The minimum absolute atomic E-state index is 0.0545. The first kappa shape index (κ1) is 19.3. The summed E-state index contributed by atoms with van der Waals surface area (Å²) < 4.78 is 65.6. The van der Waals surface area contributed by atoms with Crippen LogP contribution in [0.4, 0.5) is 23.2 Å². The average molecular weight is 352 g/mol. The third-order valence-electron chi connectivity index (χ3n) is 2.62. The van der Waals surface area contributed by atoms with Crippen molar-refractivity contribution in [3.8, 4) is 0 Å². The van der Waals surface area contributed by atoms with E-state index in [2.05, 4.69) is 4.40 Å². The van der Waals surface area contributed by atoms with E-state index in [9.17, 15) is 26.6 Å². The first-order chi connectivity index (χ1) is 10.3. The number of rotatable bonds is 3. The van der Waals surface area contributed by atoms with Crippen LogP contribution in [-0.4, -0.2) is 26.8 Å². The molecule has 0 heterocycles. The van der Waals surface area contributed by atoms with Crippen LogP contribution in [-0.2, 0) is 15.8 Å². The molecule has 0 aromatic heterocycles. The van der Waals surface area contributed by atoms with Gasteiger partial charge in [0.1, 0.15) is 16.8 Å². The molecule has 1 aromatic carbocycles. The number of nitrogens with zero attached hydrogens (tertiary/aromatic N) is 1. The van der Waals surface area contributed by atoms with Gasteiger partial charge in [0.05, 0.1) is 10.5 Å². The lowest BCUT2D eigenvalue weighted by Crippen LogP contribution is -2.30. The maximum atomic E-state index is 13.8. The lowest BCUT2D eigenvalue weighted by atomic mass is 10.1. The molecular weight excluding hydrogens is 336 g/mol. The highest BCUT2D eigenvalue weighted by Crippen LogP contribution is 2.21. The molecule has 128 valence electrons. The van der Waals surface area contributed by atoms with Crippen molar-refractivity contribution in [2.24, 2.45) is 4.40 Å². The fraction of sp³-hybridized carbons (Fsp3) is 0.429. The van der Waals surface area contributed by atoms with E-state index >= 15 is 0 Å². The van der Waals surface area contributed by atoms with E-state index in [0.29, 0.717) is 0 Å². The van der Waals surface area contributed by atoms with E-state index in [1.807, 2.05) is 0 Å². The zero-order valence-corrected chi connectivity index (χ0v) is 13.7. The molecule has 0 aliphatic carbocycles. The lowest BCUT2D eigenvalue weighted by Gasteiger charge is -2.15. The van der Waals surface area contributed by atoms with Crippen LogP contribution in [0.2, 0.25) is 0 Å². The van der Waals surface area contributed by atoms with Gasteiger partial charge < -0.3 is 5.32 Å². The van der Waals surface area contributed by atoms with Crippen molar-refractivity contribution in [1.29, 1.82) is 0 Å². The van der Waals surface area contributed by atoms with Crippen molar-refractivity contribution in [2.45, 2.75) is 38.6 Å². The number of anilines is 1. The average Bonchev–Trinajstić information content (AvgIpc) is 2.38. The minimum atomic E-state index is -5.05. The van der Waals surface area contributed by atoms with Crippen molar-refractivity contribution >= 4 is 28.3 Å². The molecule has 0 spiro atoms. The Morgan fingerprint density at radius 3 is 2.26 bits per heavy atom. The first-order valence-corrected chi connectivity index (χ1v) is 7.58. The van der Waals surface area contributed by atoms with Crippen LogP contribution in [0.25, 0.3) is 0 Å². The van der Waals surface area contributed by atoms with Crippen LogP contribution in [0.15, 0.2) is 22.6 Å². The quantitative estimate of drug-likeness (QED) is 0.667. The smallest absolute Gasteiger partial charge is 0.318 e. The molecule has 4 nitrogen and oxygen atoms in total. The largest absolute Gasteiger partial charge is 0.471 e. The van der Waals surface area contributed by atoms with E-state index in [0.717, 1.165) is 18.2 Å². The normalized spacial score (nSPS) is 14.5. The molecule has 0 saturated carbocycles. The molecule has 0 radical (unpaired) electrons. The Morgan fingerprint density at radius 1 is 1.22 bits per heavy atom. The summed E-state index contributed by atoms with van der Waals surface area (Å²) in [6.07, 6.45) is -5.05. The number of carbonyl (C=O) groups is 1. The molecule has 0 aliphatic heterocycles. The number of halogens is 4. The van der Waals surface area contributed by atoms with Gasteiger partial charge in [0.25, 0.3) is 0 Å². The summed E-state index contributed by atoms with van der Waals surface area (Å²) in [5.74, 6) is -2.91. The standard InChI is InChI=1S/C14H16F4N2O2S/c1-8(20-23(22)13(2,3)4)10-7-9(5-6-11(10)15)19-12(21)14(16,17)18/h5-7H,1-4H3,(H,19,21)/t23-/m0/s1. The van der Waals surface area contributed by atoms with Crippen molar-refractivity contribution < 1.29 is 26.6 Å². The van der Waals surface area contributed by atoms with Gasteiger partial charge in [-0.15, -0.1) is 0 Å². The summed E-state index contributed by atoms with van der Waals surface area (Å²) in [5.41, 5.74) is -0.318. The molecule has 0 unspecified atom stereocenters. The van der Waals surface area contributed by atoms with Crippen LogP contribution >= 0.6 is 0 Å². The van der Waals surface area contributed by atoms with Crippen LogP contribution < -0.4 is 5.32 Å². The molecule has 0 saturated heterocycles. The monoisotopic (exact) mass is 352 g/mol. The molecule has 1 atom stereocenters. The van der Waals surface area contributed by atoms with Gasteiger partial charge in [-0.3, -0.25) is 4.79 Å².